The quantitative estimate of drug-likeness (QED) is 0.807. The van der Waals surface area contributed by atoms with Crippen LogP contribution < -0.4 is 10.5 Å². The summed E-state index contributed by atoms with van der Waals surface area (Å²) in [6.07, 6.45) is 0. The van der Waals surface area contributed by atoms with E-state index in [0.29, 0.717) is 11.3 Å². The van der Waals surface area contributed by atoms with Gasteiger partial charge in [0.05, 0.1) is 24.7 Å². The molecule has 0 fully saturated rings. The maximum atomic E-state index is 11.8. The van der Waals surface area contributed by atoms with Crippen molar-refractivity contribution in [1.29, 1.82) is 10.5 Å². The van der Waals surface area contributed by atoms with Gasteiger partial charge >= 0.3 is 5.97 Å². The van der Waals surface area contributed by atoms with Crippen LogP contribution in [0.25, 0.3) is 0 Å². The summed E-state index contributed by atoms with van der Waals surface area (Å²) in [4.78, 5) is 11.8. The molecule has 1 heterocycles. The molecule has 0 aromatic heterocycles. The summed E-state index contributed by atoms with van der Waals surface area (Å²) in [6, 6.07) is 10.6. The van der Waals surface area contributed by atoms with E-state index in [1.165, 1.54) is 7.11 Å². The van der Waals surface area contributed by atoms with Crippen molar-refractivity contribution in [2.24, 2.45) is 11.7 Å². The van der Waals surface area contributed by atoms with Crippen molar-refractivity contribution in [3.8, 4) is 17.9 Å². The van der Waals surface area contributed by atoms with Gasteiger partial charge in [0.1, 0.15) is 11.8 Å². The number of hydrogen-bond donors (Lipinski definition) is 1. The molecule has 1 aliphatic heterocycles. The third-order valence-electron chi connectivity index (χ3n) is 3.10. The van der Waals surface area contributed by atoms with E-state index >= 15 is 0 Å². The molecule has 0 aliphatic carbocycles. The van der Waals surface area contributed by atoms with Crippen LogP contribution in [0.5, 0.6) is 5.75 Å². The Kier molecular flexibility index (Phi) is 3.58. The van der Waals surface area contributed by atoms with Crippen LogP contribution in [0.3, 0.4) is 0 Å². The Morgan fingerprint density at radius 1 is 1.45 bits per heavy atom. The van der Waals surface area contributed by atoms with Crippen molar-refractivity contribution >= 4 is 5.97 Å². The zero-order valence-electron chi connectivity index (χ0n) is 10.7. The lowest BCUT2D eigenvalue weighted by Crippen LogP contribution is -2.29. The Balaban J connectivity index is 2.62. The Bertz CT molecular complexity index is 667. The van der Waals surface area contributed by atoms with Crippen molar-refractivity contribution in [3.63, 3.8) is 0 Å². The van der Waals surface area contributed by atoms with Gasteiger partial charge in [0.25, 0.3) is 0 Å². The molecule has 6 nitrogen and oxygen atoms in total. The molecule has 0 radical (unpaired) electrons. The van der Waals surface area contributed by atoms with Gasteiger partial charge in [0.2, 0.25) is 5.88 Å². The minimum absolute atomic E-state index is 0.0562. The van der Waals surface area contributed by atoms with E-state index in [0.717, 1.165) is 0 Å². The zero-order valence-corrected chi connectivity index (χ0v) is 10.7. The van der Waals surface area contributed by atoms with E-state index in [1.807, 2.05) is 12.1 Å². The fraction of sp³-hybridized carbons (Fsp3) is 0.214. The number of allylic oxidation sites excluding steroid dienone is 1. The molecule has 0 bridgehead atoms. The van der Waals surface area contributed by atoms with Crippen LogP contribution in [0.2, 0.25) is 0 Å². The van der Waals surface area contributed by atoms with Gasteiger partial charge in [-0.2, -0.15) is 10.5 Å². The highest BCUT2D eigenvalue weighted by Gasteiger charge is 2.39. The van der Waals surface area contributed by atoms with Crippen molar-refractivity contribution in [2.75, 3.05) is 7.11 Å². The molecule has 2 N–H and O–H groups in total. The molecule has 20 heavy (non-hydrogen) atoms. The third kappa shape index (κ3) is 2.04. The van der Waals surface area contributed by atoms with Crippen molar-refractivity contribution in [1.82, 2.24) is 0 Å². The molecule has 1 aromatic carbocycles. The molecule has 0 spiro atoms. The smallest absolute Gasteiger partial charge is 0.324 e. The summed E-state index contributed by atoms with van der Waals surface area (Å²) < 4.78 is 9.97. The summed E-state index contributed by atoms with van der Waals surface area (Å²) in [5.41, 5.74) is 6.32. The van der Waals surface area contributed by atoms with E-state index < -0.39 is 17.8 Å². The summed E-state index contributed by atoms with van der Waals surface area (Å²) >= 11 is 0. The molecule has 1 aromatic rings. The van der Waals surface area contributed by atoms with Crippen molar-refractivity contribution < 1.29 is 14.3 Å². The fourth-order valence-corrected chi connectivity index (χ4v) is 2.17. The number of benzene rings is 1. The summed E-state index contributed by atoms with van der Waals surface area (Å²) in [5, 5.41) is 18.5. The maximum absolute atomic E-state index is 11.8. The number of para-hydroxylation sites is 1. The minimum Gasteiger partial charge on any atom is -0.468 e. The van der Waals surface area contributed by atoms with Gasteiger partial charge in [-0.1, -0.05) is 18.2 Å². The first-order valence-corrected chi connectivity index (χ1v) is 5.78. The van der Waals surface area contributed by atoms with Gasteiger partial charge in [0.15, 0.2) is 5.92 Å². The van der Waals surface area contributed by atoms with E-state index in [2.05, 4.69) is 4.74 Å². The maximum Gasteiger partial charge on any atom is 0.324 e. The average molecular weight is 269 g/mol. The first-order valence-electron chi connectivity index (χ1n) is 5.78. The predicted octanol–water partition coefficient (Wildman–Crippen LogP) is 1.17. The highest BCUT2D eigenvalue weighted by Crippen LogP contribution is 2.42. The molecule has 0 saturated heterocycles. The van der Waals surface area contributed by atoms with Gasteiger partial charge in [-0.25, -0.2) is 0 Å². The third-order valence-corrected chi connectivity index (χ3v) is 3.10. The average Bonchev–Trinajstić information content (AvgIpc) is 2.47. The molecular weight excluding hydrogens is 258 g/mol. The van der Waals surface area contributed by atoms with E-state index in [4.69, 9.17) is 10.5 Å². The zero-order chi connectivity index (χ0) is 14.7. The molecule has 0 amide bonds. The number of esters is 1. The van der Waals surface area contributed by atoms with Gasteiger partial charge in [-0.15, -0.1) is 0 Å². The molecule has 6 heteroatoms. The van der Waals surface area contributed by atoms with Crippen LogP contribution in [0.15, 0.2) is 35.7 Å². The molecule has 100 valence electrons. The lowest BCUT2D eigenvalue weighted by molar-refractivity contribution is -0.143. The summed E-state index contributed by atoms with van der Waals surface area (Å²) in [6.45, 7) is 0. The van der Waals surface area contributed by atoms with Crippen LogP contribution >= 0.6 is 0 Å². The first-order chi connectivity index (χ1) is 9.63. The molecular formula is C14H11N3O3. The SMILES string of the molecule is COC(=O)C(C#N)C1C(C#N)=C(N)Oc2ccccc21. The highest BCUT2D eigenvalue weighted by molar-refractivity contribution is 5.78. The van der Waals surface area contributed by atoms with E-state index in [-0.39, 0.29) is 11.5 Å². The van der Waals surface area contributed by atoms with E-state index in [9.17, 15) is 15.3 Å². The number of carbonyl (C=O) groups is 1. The summed E-state index contributed by atoms with van der Waals surface area (Å²) in [5.74, 6) is -2.33. The van der Waals surface area contributed by atoms with Gasteiger partial charge in [-0.3, -0.25) is 4.79 Å². The number of fused-ring (bicyclic) bond motifs is 1. The topological polar surface area (TPSA) is 109 Å². The second-order valence-electron chi connectivity index (χ2n) is 4.14. The lowest BCUT2D eigenvalue weighted by atomic mass is 9.80. The number of rotatable bonds is 2. The number of nitrogens with zero attached hydrogens (tertiary/aromatic N) is 2. The number of methoxy groups -OCH3 is 1. The van der Waals surface area contributed by atoms with E-state index in [1.54, 1.807) is 24.3 Å². The first kappa shape index (κ1) is 13.4. The molecule has 2 unspecified atom stereocenters. The highest BCUT2D eigenvalue weighted by atomic mass is 16.5. The van der Waals surface area contributed by atoms with Crippen molar-refractivity contribution in [3.05, 3.63) is 41.3 Å². The Hall–Kier alpha value is -2.99. The fourth-order valence-electron chi connectivity index (χ4n) is 2.17. The second-order valence-corrected chi connectivity index (χ2v) is 4.14. The normalized spacial score (nSPS) is 18.1. The van der Waals surface area contributed by atoms with Crippen LogP contribution in [-0.2, 0) is 9.53 Å². The van der Waals surface area contributed by atoms with Crippen LogP contribution in [-0.4, -0.2) is 13.1 Å². The second kappa shape index (κ2) is 5.33. The van der Waals surface area contributed by atoms with Gasteiger partial charge < -0.3 is 15.2 Å². The van der Waals surface area contributed by atoms with Crippen molar-refractivity contribution in [2.45, 2.75) is 5.92 Å². The number of hydrogen-bond acceptors (Lipinski definition) is 6. The number of nitriles is 2. The molecule has 2 atom stereocenters. The van der Waals surface area contributed by atoms with Crippen LogP contribution in [0.1, 0.15) is 11.5 Å². The largest absolute Gasteiger partial charge is 0.468 e. The minimum atomic E-state index is -1.15. The molecule has 0 saturated carbocycles. The number of ether oxygens (including phenoxy) is 2. The van der Waals surface area contributed by atoms with Crippen LogP contribution in [0, 0.1) is 28.6 Å². The van der Waals surface area contributed by atoms with Gasteiger partial charge in [-0.05, 0) is 6.07 Å². The Labute approximate surface area is 115 Å². The lowest BCUT2D eigenvalue weighted by Gasteiger charge is -2.27. The number of nitrogens with two attached hydrogens (primary N) is 1. The Morgan fingerprint density at radius 2 is 2.15 bits per heavy atom. The van der Waals surface area contributed by atoms with Crippen LogP contribution in [0.4, 0.5) is 0 Å². The molecule has 2 rings (SSSR count). The monoisotopic (exact) mass is 269 g/mol. The predicted molar refractivity (Wildman–Crippen MR) is 67.8 cm³/mol. The van der Waals surface area contributed by atoms with Gasteiger partial charge in [0, 0.05) is 5.56 Å². The Morgan fingerprint density at radius 3 is 2.75 bits per heavy atom. The standard InChI is InChI=1S/C14H11N3O3/c1-19-14(18)10(7-16)12-8-4-2-3-5-11(8)20-13(17)9(12)6-15/h2-5,10,12H,17H2,1H3. The summed E-state index contributed by atoms with van der Waals surface area (Å²) in [7, 11) is 1.19. The molecule has 1 aliphatic rings. The number of carbonyl (C=O) groups excluding carboxylic acids is 1.